The third-order valence-electron chi connectivity index (χ3n) is 6.70. The van der Waals surface area contributed by atoms with Crippen molar-refractivity contribution in [1.29, 1.82) is 0 Å². The summed E-state index contributed by atoms with van der Waals surface area (Å²) < 4.78 is 0. The second-order valence-corrected chi connectivity index (χ2v) is 7.98. The van der Waals surface area contributed by atoms with Crippen molar-refractivity contribution in [3.05, 3.63) is 12.2 Å². The van der Waals surface area contributed by atoms with Crippen molar-refractivity contribution in [2.24, 2.45) is 28.1 Å². The number of hydrogen-bond acceptors (Lipinski definition) is 0. The van der Waals surface area contributed by atoms with Crippen molar-refractivity contribution in [1.82, 2.24) is 0 Å². The van der Waals surface area contributed by atoms with E-state index in [0.29, 0.717) is 16.2 Å². The molecule has 0 aromatic rings. The molecule has 0 radical (unpaired) electrons. The molecule has 0 saturated heterocycles. The smallest absolute Gasteiger partial charge is 0.0204 e. The van der Waals surface area contributed by atoms with Crippen molar-refractivity contribution in [3.63, 3.8) is 0 Å². The van der Waals surface area contributed by atoms with Gasteiger partial charge in [-0.15, -0.1) is 0 Å². The van der Waals surface area contributed by atoms with E-state index in [0.717, 1.165) is 11.8 Å². The van der Waals surface area contributed by atoms with Crippen LogP contribution in [-0.4, -0.2) is 0 Å². The van der Waals surface area contributed by atoms with E-state index in [4.69, 9.17) is 0 Å². The van der Waals surface area contributed by atoms with Gasteiger partial charge in [0.1, 0.15) is 0 Å². The molecular formula is C16H26. The van der Waals surface area contributed by atoms with Gasteiger partial charge >= 0.3 is 0 Å². The van der Waals surface area contributed by atoms with Gasteiger partial charge in [0.05, 0.1) is 0 Å². The molecule has 0 N–H and O–H groups in total. The molecule has 0 aromatic carbocycles. The highest BCUT2D eigenvalue weighted by Gasteiger charge is 2.67. The molecule has 3 aliphatic rings. The molecule has 3 rings (SSSR count). The molecule has 0 nitrogen and oxygen atoms in total. The Morgan fingerprint density at radius 3 is 2.56 bits per heavy atom. The van der Waals surface area contributed by atoms with Crippen molar-refractivity contribution >= 4 is 0 Å². The SMILES string of the molecule is C=C1CC2C(C)(C)[C@H]3CC[C@@]2(C3)C(C)(C)C1. The van der Waals surface area contributed by atoms with Gasteiger partial charge in [0, 0.05) is 0 Å². The summed E-state index contributed by atoms with van der Waals surface area (Å²) in [5, 5.41) is 0. The van der Waals surface area contributed by atoms with Crippen molar-refractivity contribution in [3.8, 4) is 0 Å². The van der Waals surface area contributed by atoms with E-state index in [1.807, 2.05) is 0 Å². The second kappa shape index (κ2) is 2.76. The summed E-state index contributed by atoms with van der Waals surface area (Å²) in [4.78, 5) is 0. The minimum atomic E-state index is 0.496. The normalized spacial score (nSPS) is 48.1. The molecule has 1 unspecified atom stereocenters. The molecule has 0 aliphatic heterocycles. The van der Waals surface area contributed by atoms with Gasteiger partial charge in [0.25, 0.3) is 0 Å². The van der Waals surface area contributed by atoms with Gasteiger partial charge < -0.3 is 0 Å². The van der Waals surface area contributed by atoms with Crippen molar-refractivity contribution in [2.45, 2.75) is 59.8 Å². The summed E-state index contributed by atoms with van der Waals surface area (Å²) in [6, 6.07) is 0. The fourth-order valence-electron chi connectivity index (χ4n) is 5.73. The Morgan fingerprint density at radius 1 is 1.19 bits per heavy atom. The van der Waals surface area contributed by atoms with E-state index in [-0.39, 0.29) is 0 Å². The standard InChI is InChI=1S/C16H26/c1-11-8-13-15(4,5)12-6-7-16(13,10-12)14(2,3)9-11/h12-13H,1,6-10H2,2-5H3/t12-,13?,16-/m0/s1. The summed E-state index contributed by atoms with van der Waals surface area (Å²) >= 11 is 0. The van der Waals surface area contributed by atoms with Gasteiger partial charge in [-0.3, -0.25) is 0 Å². The Kier molecular flexibility index (Phi) is 1.88. The molecule has 1 spiro atoms. The van der Waals surface area contributed by atoms with Crippen LogP contribution >= 0.6 is 0 Å². The number of allylic oxidation sites excluding steroid dienone is 1. The average molecular weight is 218 g/mol. The molecular weight excluding hydrogens is 192 g/mol. The first-order valence-electron chi connectivity index (χ1n) is 6.96. The third-order valence-corrected chi connectivity index (χ3v) is 6.70. The van der Waals surface area contributed by atoms with Crippen molar-refractivity contribution < 1.29 is 0 Å². The monoisotopic (exact) mass is 218 g/mol. The molecule has 16 heavy (non-hydrogen) atoms. The van der Waals surface area contributed by atoms with Gasteiger partial charge in [-0.25, -0.2) is 0 Å². The first-order chi connectivity index (χ1) is 7.30. The fraction of sp³-hybridized carbons (Fsp3) is 0.875. The highest BCUT2D eigenvalue weighted by atomic mass is 14.7. The largest absolute Gasteiger partial charge is 0.0998 e. The van der Waals surface area contributed by atoms with Crippen LogP contribution in [0.1, 0.15) is 59.8 Å². The zero-order chi connectivity index (χ0) is 11.8. The van der Waals surface area contributed by atoms with E-state index in [1.165, 1.54) is 37.7 Å². The molecule has 3 aliphatic carbocycles. The van der Waals surface area contributed by atoms with Gasteiger partial charge in [0.15, 0.2) is 0 Å². The van der Waals surface area contributed by atoms with Gasteiger partial charge in [-0.2, -0.15) is 0 Å². The van der Waals surface area contributed by atoms with E-state index >= 15 is 0 Å². The van der Waals surface area contributed by atoms with Gasteiger partial charge in [-0.1, -0.05) is 39.8 Å². The lowest BCUT2D eigenvalue weighted by Crippen LogP contribution is -2.48. The van der Waals surface area contributed by atoms with Crippen LogP contribution in [0.2, 0.25) is 0 Å². The van der Waals surface area contributed by atoms with Crippen LogP contribution in [0.4, 0.5) is 0 Å². The molecule has 0 heterocycles. The van der Waals surface area contributed by atoms with Crippen LogP contribution < -0.4 is 0 Å². The molecule has 3 saturated carbocycles. The zero-order valence-corrected chi connectivity index (χ0v) is 11.4. The fourth-order valence-corrected chi connectivity index (χ4v) is 5.73. The van der Waals surface area contributed by atoms with Crippen LogP contribution in [0.25, 0.3) is 0 Å². The summed E-state index contributed by atoms with van der Waals surface area (Å²) in [6.07, 6.45) is 7.07. The second-order valence-electron chi connectivity index (χ2n) is 7.98. The molecule has 3 atom stereocenters. The van der Waals surface area contributed by atoms with Crippen LogP contribution in [0.3, 0.4) is 0 Å². The molecule has 0 aromatic heterocycles. The average Bonchev–Trinajstić information content (AvgIpc) is 2.63. The Bertz CT molecular complexity index is 347. The Morgan fingerprint density at radius 2 is 1.88 bits per heavy atom. The lowest BCUT2D eigenvalue weighted by molar-refractivity contribution is -0.0459. The van der Waals surface area contributed by atoms with Crippen LogP contribution in [0.5, 0.6) is 0 Å². The minimum absolute atomic E-state index is 0.496. The van der Waals surface area contributed by atoms with Gasteiger partial charge in [-0.05, 0) is 60.2 Å². The summed E-state index contributed by atoms with van der Waals surface area (Å²) in [6.45, 7) is 14.4. The number of fused-ring (bicyclic) bond motifs is 1. The van der Waals surface area contributed by atoms with E-state index in [1.54, 1.807) is 0 Å². The quantitative estimate of drug-likeness (QED) is 0.512. The molecule has 0 amide bonds. The molecule has 2 bridgehead atoms. The summed E-state index contributed by atoms with van der Waals surface area (Å²) in [5.41, 5.74) is 3.23. The highest BCUT2D eigenvalue weighted by Crippen LogP contribution is 2.75. The summed E-state index contributed by atoms with van der Waals surface area (Å²) in [5.74, 6) is 1.90. The van der Waals surface area contributed by atoms with E-state index in [2.05, 4.69) is 34.3 Å². The maximum Gasteiger partial charge on any atom is -0.0204 e. The third kappa shape index (κ3) is 1.02. The first kappa shape index (κ1) is 10.9. The van der Waals surface area contributed by atoms with Crippen LogP contribution in [-0.2, 0) is 0 Å². The van der Waals surface area contributed by atoms with Crippen LogP contribution in [0, 0.1) is 28.1 Å². The zero-order valence-electron chi connectivity index (χ0n) is 11.4. The minimum Gasteiger partial charge on any atom is -0.0998 e. The highest BCUT2D eigenvalue weighted by molar-refractivity contribution is 5.22. The lowest BCUT2D eigenvalue weighted by atomic mass is 9.48. The maximum absolute atomic E-state index is 4.32. The lowest BCUT2D eigenvalue weighted by Gasteiger charge is -2.56. The topological polar surface area (TPSA) is 0 Å². The first-order valence-corrected chi connectivity index (χ1v) is 6.96. The van der Waals surface area contributed by atoms with Crippen molar-refractivity contribution in [2.75, 3.05) is 0 Å². The Hall–Kier alpha value is -0.260. The van der Waals surface area contributed by atoms with Gasteiger partial charge in [0.2, 0.25) is 0 Å². The Balaban J connectivity index is 2.10. The molecule has 90 valence electrons. The molecule has 3 fully saturated rings. The van der Waals surface area contributed by atoms with Crippen LogP contribution in [0.15, 0.2) is 12.2 Å². The van der Waals surface area contributed by atoms with E-state index < -0.39 is 0 Å². The maximum atomic E-state index is 4.32. The predicted molar refractivity (Wildman–Crippen MR) is 69.2 cm³/mol. The molecule has 0 heteroatoms. The van der Waals surface area contributed by atoms with E-state index in [9.17, 15) is 0 Å². The Labute approximate surface area is 101 Å². The predicted octanol–water partition coefficient (Wildman–Crippen LogP) is 4.81. The number of hydrogen-bond donors (Lipinski definition) is 0. The number of rotatable bonds is 0. The summed E-state index contributed by atoms with van der Waals surface area (Å²) in [7, 11) is 0.